The average molecular weight is 447 g/mol. The molecule has 172 valence electrons. The number of benzene rings is 2. The van der Waals surface area contributed by atoms with Crippen LogP contribution in [-0.2, 0) is 17.8 Å². The van der Waals surface area contributed by atoms with Crippen molar-refractivity contribution in [3.05, 3.63) is 88.4 Å². The van der Waals surface area contributed by atoms with Gasteiger partial charge < -0.3 is 19.4 Å². The van der Waals surface area contributed by atoms with Crippen LogP contribution in [0.4, 0.5) is 0 Å². The minimum atomic E-state index is -0.237. The first kappa shape index (κ1) is 22.6. The Bertz CT molecular complexity index is 1150. The first-order chi connectivity index (χ1) is 16.0. The van der Waals surface area contributed by atoms with Gasteiger partial charge in [-0.05, 0) is 61.2 Å². The SMILES string of the molecule is CCNC(=O)c1ccc(COc2ccc3c(c2)C(c2cccc(C)c2)N(C(=O)CC)CC3)o1. The second-order valence-electron chi connectivity index (χ2n) is 8.28. The zero-order valence-corrected chi connectivity index (χ0v) is 19.4. The molecule has 0 aliphatic carbocycles. The molecule has 33 heavy (non-hydrogen) atoms. The molecule has 4 rings (SSSR count). The molecule has 1 aromatic heterocycles. The van der Waals surface area contributed by atoms with E-state index in [9.17, 15) is 9.59 Å². The van der Waals surface area contributed by atoms with Crippen LogP contribution in [0.25, 0.3) is 0 Å². The van der Waals surface area contributed by atoms with E-state index >= 15 is 0 Å². The van der Waals surface area contributed by atoms with Crippen molar-refractivity contribution < 1.29 is 18.7 Å². The van der Waals surface area contributed by atoms with Crippen LogP contribution in [0.5, 0.6) is 5.75 Å². The van der Waals surface area contributed by atoms with Crippen LogP contribution in [0, 0.1) is 6.92 Å². The van der Waals surface area contributed by atoms with Gasteiger partial charge in [0.2, 0.25) is 5.91 Å². The zero-order chi connectivity index (χ0) is 23.4. The highest BCUT2D eigenvalue weighted by molar-refractivity contribution is 5.91. The number of aryl methyl sites for hydroxylation is 1. The quantitative estimate of drug-likeness (QED) is 0.566. The number of rotatable bonds is 7. The lowest BCUT2D eigenvalue weighted by molar-refractivity contribution is -0.132. The van der Waals surface area contributed by atoms with Crippen molar-refractivity contribution in [3.63, 3.8) is 0 Å². The molecule has 0 bridgehead atoms. The molecule has 2 amide bonds. The molecular weight excluding hydrogens is 416 g/mol. The maximum absolute atomic E-state index is 12.8. The van der Waals surface area contributed by atoms with Crippen LogP contribution < -0.4 is 10.1 Å². The highest BCUT2D eigenvalue weighted by atomic mass is 16.5. The van der Waals surface area contributed by atoms with Crippen molar-refractivity contribution in [2.45, 2.75) is 46.3 Å². The third-order valence-corrected chi connectivity index (χ3v) is 5.93. The van der Waals surface area contributed by atoms with Crippen molar-refractivity contribution in [2.24, 2.45) is 0 Å². The summed E-state index contributed by atoms with van der Waals surface area (Å²) < 4.78 is 11.6. The molecule has 3 aromatic rings. The number of hydrogen-bond acceptors (Lipinski definition) is 4. The second-order valence-corrected chi connectivity index (χ2v) is 8.28. The number of carbonyl (C=O) groups is 2. The van der Waals surface area contributed by atoms with Gasteiger partial charge in [0, 0.05) is 19.5 Å². The number of furan rings is 1. The molecule has 1 atom stereocenters. The van der Waals surface area contributed by atoms with Gasteiger partial charge in [-0.15, -0.1) is 0 Å². The molecule has 2 aromatic carbocycles. The Labute approximate surface area is 194 Å². The van der Waals surface area contributed by atoms with Gasteiger partial charge in [-0.3, -0.25) is 9.59 Å². The third-order valence-electron chi connectivity index (χ3n) is 5.93. The molecule has 0 fully saturated rings. The van der Waals surface area contributed by atoms with E-state index in [1.165, 1.54) is 5.56 Å². The molecule has 0 radical (unpaired) electrons. The van der Waals surface area contributed by atoms with Gasteiger partial charge in [-0.1, -0.05) is 42.8 Å². The summed E-state index contributed by atoms with van der Waals surface area (Å²) in [7, 11) is 0. The van der Waals surface area contributed by atoms with Crippen molar-refractivity contribution in [1.29, 1.82) is 0 Å². The molecule has 1 N–H and O–H groups in total. The van der Waals surface area contributed by atoms with Gasteiger partial charge in [-0.2, -0.15) is 0 Å². The monoisotopic (exact) mass is 446 g/mol. The lowest BCUT2D eigenvalue weighted by Gasteiger charge is -2.38. The summed E-state index contributed by atoms with van der Waals surface area (Å²) in [4.78, 5) is 26.7. The number of nitrogens with one attached hydrogen (secondary N) is 1. The van der Waals surface area contributed by atoms with Gasteiger partial charge in [0.25, 0.3) is 5.91 Å². The van der Waals surface area contributed by atoms with Gasteiger partial charge in [0.1, 0.15) is 18.1 Å². The number of amides is 2. The minimum absolute atomic E-state index is 0.141. The standard InChI is InChI=1S/C27H30N2O4/c1-4-25(30)29-14-13-19-9-10-21(16-23(19)26(29)20-8-6-7-18(3)15-20)32-17-22-11-12-24(33-22)27(31)28-5-2/h6-12,15-16,26H,4-5,13-14,17H2,1-3H3,(H,28,31). The topological polar surface area (TPSA) is 71.8 Å². The summed E-state index contributed by atoms with van der Waals surface area (Å²) in [6.45, 7) is 7.29. The summed E-state index contributed by atoms with van der Waals surface area (Å²) in [6.07, 6.45) is 1.29. The highest BCUT2D eigenvalue weighted by Crippen LogP contribution is 2.38. The van der Waals surface area contributed by atoms with E-state index in [1.54, 1.807) is 12.1 Å². The maximum atomic E-state index is 12.8. The predicted molar refractivity (Wildman–Crippen MR) is 126 cm³/mol. The van der Waals surface area contributed by atoms with Crippen LogP contribution in [0.2, 0.25) is 0 Å². The summed E-state index contributed by atoms with van der Waals surface area (Å²) in [5.41, 5.74) is 4.59. The predicted octanol–water partition coefficient (Wildman–Crippen LogP) is 4.80. The minimum Gasteiger partial charge on any atom is -0.486 e. The molecule has 6 heteroatoms. The molecule has 0 saturated carbocycles. The lowest BCUT2D eigenvalue weighted by Crippen LogP contribution is -2.40. The third kappa shape index (κ3) is 4.95. The fourth-order valence-corrected chi connectivity index (χ4v) is 4.33. The van der Waals surface area contributed by atoms with Crippen LogP contribution >= 0.6 is 0 Å². The Kier molecular flexibility index (Phi) is 6.82. The van der Waals surface area contributed by atoms with E-state index in [-0.39, 0.29) is 30.2 Å². The molecule has 1 aliphatic rings. The Balaban J connectivity index is 1.60. The first-order valence-electron chi connectivity index (χ1n) is 11.5. The fourth-order valence-electron chi connectivity index (χ4n) is 4.33. The van der Waals surface area contributed by atoms with Gasteiger partial charge in [0.15, 0.2) is 5.76 Å². The molecule has 2 heterocycles. The number of carbonyl (C=O) groups excluding carboxylic acids is 2. The Hall–Kier alpha value is -3.54. The van der Waals surface area contributed by atoms with E-state index in [0.717, 1.165) is 23.1 Å². The molecule has 0 spiro atoms. The maximum Gasteiger partial charge on any atom is 0.286 e. The van der Waals surface area contributed by atoms with Crippen molar-refractivity contribution in [1.82, 2.24) is 10.2 Å². The van der Waals surface area contributed by atoms with E-state index in [2.05, 4.69) is 36.5 Å². The van der Waals surface area contributed by atoms with Crippen LogP contribution in [0.1, 0.15) is 64.9 Å². The number of nitrogens with zero attached hydrogens (tertiary/aromatic N) is 1. The van der Waals surface area contributed by atoms with Crippen molar-refractivity contribution >= 4 is 11.8 Å². The smallest absolute Gasteiger partial charge is 0.286 e. The Morgan fingerprint density at radius 2 is 1.97 bits per heavy atom. The number of fused-ring (bicyclic) bond motifs is 1. The van der Waals surface area contributed by atoms with Crippen molar-refractivity contribution in [2.75, 3.05) is 13.1 Å². The van der Waals surface area contributed by atoms with Crippen LogP contribution in [-0.4, -0.2) is 29.8 Å². The number of ether oxygens (including phenoxy) is 1. The van der Waals surface area contributed by atoms with E-state index in [0.29, 0.717) is 31.0 Å². The van der Waals surface area contributed by atoms with Gasteiger partial charge >= 0.3 is 0 Å². The molecule has 1 unspecified atom stereocenters. The largest absolute Gasteiger partial charge is 0.486 e. The summed E-state index contributed by atoms with van der Waals surface area (Å²) in [5, 5.41) is 2.72. The average Bonchev–Trinajstić information content (AvgIpc) is 3.31. The van der Waals surface area contributed by atoms with Crippen molar-refractivity contribution in [3.8, 4) is 5.75 Å². The van der Waals surface area contributed by atoms with E-state index < -0.39 is 0 Å². The van der Waals surface area contributed by atoms with Crippen LogP contribution in [0.3, 0.4) is 0 Å². The zero-order valence-electron chi connectivity index (χ0n) is 19.4. The molecule has 6 nitrogen and oxygen atoms in total. The van der Waals surface area contributed by atoms with E-state index in [1.807, 2.05) is 36.9 Å². The van der Waals surface area contributed by atoms with Crippen LogP contribution in [0.15, 0.2) is 59.0 Å². The summed E-state index contributed by atoms with van der Waals surface area (Å²) >= 11 is 0. The Morgan fingerprint density at radius 1 is 1.12 bits per heavy atom. The summed E-state index contributed by atoms with van der Waals surface area (Å²) in [6, 6.07) is 17.7. The van der Waals surface area contributed by atoms with Gasteiger partial charge in [-0.25, -0.2) is 0 Å². The first-order valence-corrected chi connectivity index (χ1v) is 11.5. The van der Waals surface area contributed by atoms with E-state index in [4.69, 9.17) is 9.15 Å². The normalized spacial score (nSPS) is 15.1. The second kappa shape index (κ2) is 9.94. The molecule has 1 aliphatic heterocycles. The molecule has 0 saturated heterocycles. The summed E-state index contributed by atoms with van der Waals surface area (Å²) in [5.74, 6) is 1.46. The Morgan fingerprint density at radius 3 is 2.73 bits per heavy atom. The fraction of sp³-hybridized carbons (Fsp3) is 0.333. The highest BCUT2D eigenvalue weighted by Gasteiger charge is 2.31. The lowest BCUT2D eigenvalue weighted by atomic mass is 9.87. The molecular formula is C27H30N2O4. The van der Waals surface area contributed by atoms with Gasteiger partial charge in [0.05, 0.1) is 6.04 Å². The number of hydrogen-bond donors (Lipinski definition) is 1.